The Morgan fingerprint density at radius 3 is 2.95 bits per heavy atom. The number of hydrogen-bond donors (Lipinski definition) is 1. The topological polar surface area (TPSA) is 60.2 Å². The van der Waals surface area contributed by atoms with Gasteiger partial charge in [-0.3, -0.25) is 0 Å². The van der Waals surface area contributed by atoms with E-state index in [1.165, 1.54) is 6.39 Å². The molecule has 5 heteroatoms. The normalized spacial score (nSPS) is 12.4. The number of rotatable bonds is 6. The van der Waals surface area contributed by atoms with Crippen molar-refractivity contribution in [3.8, 4) is 5.75 Å². The summed E-state index contributed by atoms with van der Waals surface area (Å²) in [6.07, 6.45) is 1.30. The van der Waals surface area contributed by atoms with Crippen molar-refractivity contribution in [1.82, 2.24) is 15.5 Å². The summed E-state index contributed by atoms with van der Waals surface area (Å²) >= 11 is 0. The maximum atomic E-state index is 5.80. The second-order valence-corrected chi connectivity index (χ2v) is 4.46. The van der Waals surface area contributed by atoms with Gasteiger partial charge in [-0.1, -0.05) is 24.2 Å². The van der Waals surface area contributed by atoms with Crippen LogP contribution in [0.2, 0.25) is 0 Å². The second kappa shape index (κ2) is 6.33. The molecule has 0 aliphatic heterocycles. The van der Waals surface area contributed by atoms with Gasteiger partial charge in [0.2, 0.25) is 12.2 Å². The molecule has 2 rings (SSSR count). The average molecular weight is 261 g/mol. The lowest BCUT2D eigenvalue weighted by molar-refractivity contribution is 0.281. The smallest absolute Gasteiger partial charge is 0.213 e. The van der Waals surface area contributed by atoms with Crippen LogP contribution in [0.5, 0.6) is 5.75 Å². The Morgan fingerprint density at radius 1 is 1.42 bits per heavy atom. The minimum Gasteiger partial charge on any atom is -0.485 e. The highest BCUT2D eigenvalue weighted by Crippen LogP contribution is 2.26. The van der Waals surface area contributed by atoms with Gasteiger partial charge in [0.15, 0.2) is 6.61 Å². The molecule has 0 fully saturated rings. The Kier molecular flexibility index (Phi) is 4.52. The average Bonchev–Trinajstić information content (AvgIpc) is 2.89. The molecule has 0 spiro atoms. The van der Waals surface area contributed by atoms with Crippen molar-refractivity contribution in [2.24, 2.45) is 0 Å². The molecule has 0 aliphatic carbocycles. The van der Waals surface area contributed by atoms with Crippen LogP contribution in [0, 0.1) is 6.92 Å². The van der Waals surface area contributed by atoms with E-state index in [-0.39, 0.29) is 6.04 Å². The van der Waals surface area contributed by atoms with Gasteiger partial charge in [-0.2, -0.15) is 4.98 Å². The number of benzene rings is 1. The maximum Gasteiger partial charge on any atom is 0.213 e. The third kappa shape index (κ3) is 3.54. The van der Waals surface area contributed by atoms with Crippen molar-refractivity contribution in [2.75, 3.05) is 6.54 Å². The summed E-state index contributed by atoms with van der Waals surface area (Å²) < 4.78 is 10.5. The van der Waals surface area contributed by atoms with Gasteiger partial charge in [-0.25, -0.2) is 0 Å². The third-order valence-corrected chi connectivity index (χ3v) is 2.91. The van der Waals surface area contributed by atoms with E-state index >= 15 is 0 Å². The van der Waals surface area contributed by atoms with Crippen molar-refractivity contribution in [2.45, 2.75) is 33.4 Å². The molecule has 0 aliphatic rings. The van der Waals surface area contributed by atoms with Gasteiger partial charge >= 0.3 is 0 Å². The lowest BCUT2D eigenvalue weighted by atomic mass is 10.0. The monoisotopic (exact) mass is 261 g/mol. The molecule has 102 valence electrons. The zero-order valence-electron chi connectivity index (χ0n) is 11.5. The van der Waals surface area contributed by atoms with Crippen LogP contribution in [0.25, 0.3) is 0 Å². The van der Waals surface area contributed by atoms with Crippen molar-refractivity contribution >= 4 is 0 Å². The van der Waals surface area contributed by atoms with E-state index in [1.54, 1.807) is 0 Å². The first-order valence-corrected chi connectivity index (χ1v) is 6.42. The van der Waals surface area contributed by atoms with Crippen LogP contribution in [-0.2, 0) is 6.61 Å². The van der Waals surface area contributed by atoms with Crippen LogP contribution in [0.4, 0.5) is 0 Å². The number of aryl methyl sites for hydroxylation is 1. The summed E-state index contributed by atoms with van der Waals surface area (Å²) in [5.41, 5.74) is 2.30. The highest BCUT2D eigenvalue weighted by molar-refractivity contribution is 5.39. The Hall–Kier alpha value is -1.88. The number of hydrogen-bond acceptors (Lipinski definition) is 5. The molecule has 1 N–H and O–H groups in total. The van der Waals surface area contributed by atoms with Crippen LogP contribution in [-0.4, -0.2) is 16.7 Å². The largest absolute Gasteiger partial charge is 0.485 e. The number of ether oxygens (including phenoxy) is 1. The van der Waals surface area contributed by atoms with Gasteiger partial charge in [-0.05, 0) is 32.0 Å². The molecule has 5 nitrogen and oxygen atoms in total. The number of nitrogens with one attached hydrogen (secondary N) is 1. The molecule has 0 saturated carbocycles. The van der Waals surface area contributed by atoms with E-state index in [0.29, 0.717) is 12.4 Å². The predicted molar refractivity (Wildman–Crippen MR) is 71.9 cm³/mol. The molecule has 0 bridgehead atoms. The summed E-state index contributed by atoms with van der Waals surface area (Å²) in [6.45, 7) is 7.48. The molecular formula is C14H19N3O2. The molecule has 19 heavy (non-hydrogen) atoms. The minimum absolute atomic E-state index is 0.242. The molecular weight excluding hydrogens is 242 g/mol. The second-order valence-electron chi connectivity index (χ2n) is 4.46. The molecule has 2 aromatic rings. The molecule has 0 saturated heterocycles. The number of nitrogens with zero attached hydrogens (tertiary/aromatic N) is 2. The van der Waals surface area contributed by atoms with Crippen molar-refractivity contribution in [3.63, 3.8) is 0 Å². The summed E-state index contributed by atoms with van der Waals surface area (Å²) in [7, 11) is 0. The Labute approximate surface area is 113 Å². The molecule has 0 amide bonds. The van der Waals surface area contributed by atoms with Crippen molar-refractivity contribution < 1.29 is 9.26 Å². The van der Waals surface area contributed by atoms with E-state index < -0.39 is 0 Å². The Morgan fingerprint density at radius 2 is 2.26 bits per heavy atom. The fourth-order valence-corrected chi connectivity index (χ4v) is 1.94. The fraction of sp³-hybridized carbons (Fsp3) is 0.429. The van der Waals surface area contributed by atoms with E-state index in [0.717, 1.165) is 23.4 Å². The summed E-state index contributed by atoms with van der Waals surface area (Å²) in [4.78, 5) is 3.95. The lowest BCUT2D eigenvalue weighted by Crippen LogP contribution is -2.18. The quantitative estimate of drug-likeness (QED) is 0.866. The van der Waals surface area contributed by atoms with E-state index in [2.05, 4.69) is 46.0 Å². The zero-order chi connectivity index (χ0) is 13.7. The Balaban J connectivity index is 2.14. The molecule has 1 atom stereocenters. The molecule has 0 radical (unpaired) electrons. The van der Waals surface area contributed by atoms with Crippen LogP contribution in [0.15, 0.2) is 29.1 Å². The first kappa shape index (κ1) is 13.5. The molecule has 1 aromatic heterocycles. The van der Waals surface area contributed by atoms with Crippen molar-refractivity contribution in [1.29, 1.82) is 0 Å². The fourth-order valence-electron chi connectivity index (χ4n) is 1.94. The molecule has 1 aromatic carbocycles. The van der Waals surface area contributed by atoms with Gasteiger partial charge in [0, 0.05) is 11.6 Å². The van der Waals surface area contributed by atoms with Gasteiger partial charge in [0.25, 0.3) is 0 Å². The Bertz CT molecular complexity index is 511. The number of aromatic nitrogens is 2. The van der Waals surface area contributed by atoms with Gasteiger partial charge in [0.1, 0.15) is 5.75 Å². The summed E-state index contributed by atoms with van der Waals surface area (Å²) in [6, 6.07) is 6.45. The van der Waals surface area contributed by atoms with Crippen LogP contribution in [0.3, 0.4) is 0 Å². The van der Waals surface area contributed by atoms with Crippen LogP contribution in [0.1, 0.15) is 36.8 Å². The van der Waals surface area contributed by atoms with Crippen molar-refractivity contribution in [3.05, 3.63) is 41.5 Å². The summed E-state index contributed by atoms with van der Waals surface area (Å²) in [5.74, 6) is 1.40. The van der Waals surface area contributed by atoms with Crippen LogP contribution < -0.4 is 10.1 Å². The van der Waals surface area contributed by atoms with Gasteiger partial charge in [-0.15, -0.1) is 0 Å². The van der Waals surface area contributed by atoms with Crippen LogP contribution >= 0.6 is 0 Å². The highest BCUT2D eigenvalue weighted by atomic mass is 16.5. The minimum atomic E-state index is 0.242. The van der Waals surface area contributed by atoms with Gasteiger partial charge < -0.3 is 14.6 Å². The maximum absolute atomic E-state index is 5.80. The molecule has 1 heterocycles. The first-order chi connectivity index (χ1) is 9.20. The lowest BCUT2D eigenvalue weighted by Gasteiger charge is -2.17. The summed E-state index contributed by atoms with van der Waals surface area (Å²) in [5, 5.41) is 7.12. The van der Waals surface area contributed by atoms with E-state index in [1.807, 2.05) is 13.0 Å². The standard InChI is InChI=1S/C14H19N3O2/c1-4-15-11(3)12-6-5-10(2)7-13(12)18-8-14-16-9-19-17-14/h5-7,9,11,15H,4,8H2,1-3H3. The SMILES string of the molecule is CCNC(C)c1ccc(C)cc1OCc1ncon1. The van der Waals surface area contributed by atoms with E-state index in [4.69, 9.17) is 4.74 Å². The highest BCUT2D eigenvalue weighted by Gasteiger charge is 2.12. The molecule has 1 unspecified atom stereocenters. The third-order valence-electron chi connectivity index (χ3n) is 2.91. The van der Waals surface area contributed by atoms with E-state index in [9.17, 15) is 0 Å². The van der Waals surface area contributed by atoms with Gasteiger partial charge in [0.05, 0.1) is 0 Å². The first-order valence-electron chi connectivity index (χ1n) is 6.42. The zero-order valence-corrected chi connectivity index (χ0v) is 11.5. The predicted octanol–water partition coefficient (Wildman–Crippen LogP) is 2.63.